The first-order valence-electron chi connectivity index (χ1n) is 9.74. The van der Waals surface area contributed by atoms with Crippen LogP contribution < -0.4 is 14.9 Å². The molecule has 5 atom stereocenters. The van der Waals surface area contributed by atoms with Gasteiger partial charge in [-0.2, -0.15) is 0 Å². The van der Waals surface area contributed by atoms with Gasteiger partial charge in [0, 0.05) is 6.07 Å². The molecule has 4 rings (SSSR count). The van der Waals surface area contributed by atoms with Crippen LogP contribution in [0.25, 0.3) is 22.1 Å². The maximum Gasteiger partial charge on any atom is 0.229 e. The Morgan fingerprint density at radius 2 is 1.75 bits per heavy atom. The van der Waals surface area contributed by atoms with Gasteiger partial charge in [0.1, 0.15) is 42.0 Å². The molecule has 2 aromatic carbocycles. The summed E-state index contributed by atoms with van der Waals surface area (Å²) in [7, 11) is 1.53. The number of benzene rings is 2. The maximum atomic E-state index is 13.0. The minimum Gasteiger partial charge on any atom is -0.504 e. The second-order valence-corrected chi connectivity index (χ2v) is 7.34. The fourth-order valence-electron chi connectivity index (χ4n) is 3.50. The summed E-state index contributed by atoms with van der Waals surface area (Å²) in [5.74, 6) is 0.00220. The summed E-state index contributed by atoms with van der Waals surface area (Å²) in [5.41, 5.74) is 0.598. The molecule has 0 spiro atoms. The van der Waals surface area contributed by atoms with Crippen molar-refractivity contribution in [2.45, 2.75) is 30.7 Å². The Labute approximate surface area is 181 Å². The number of fused-ring (bicyclic) bond motifs is 1. The lowest BCUT2D eigenvalue weighted by Gasteiger charge is -2.39. The molecule has 32 heavy (non-hydrogen) atoms. The number of aromatic hydroxyl groups is 1. The summed E-state index contributed by atoms with van der Waals surface area (Å²) in [5, 5.41) is 49.7. The molecule has 170 valence electrons. The molecule has 0 aliphatic carbocycles. The van der Waals surface area contributed by atoms with Crippen molar-refractivity contribution in [2.24, 2.45) is 0 Å². The molecule has 0 radical (unpaired) electrons. The van der Waals surface area contributed by atoms with Gasteiger partial charge in [-0.15, -0.1) is 0 Å². The Kier molecular flexibility index (Phi) is 6.04. The van der Waals surface area contributed by atoms with Gasteiger partial charge in [-0.1, -0.05) is 12.1 Å². The average Bonchev–Trinajstić information content (AvgIpc) is 2.80. The molecule has 1 aliphatic heterocycles. The van der Waals surface area contributed by atoms with Crippen molar-refractivity contribution in [1.82, 2.24) is 0 Å². The van der Waals surface area contributed by atoms with Crippen LogP contribution in [-0.2, 0) is 4.74 Å². The fourth-order valence-corrected chi connectivity index (χ4v) is 3.50. The molecule has 0 bridgehead atoms. The van der Waals surface area contributed by atoms with Gasteiger partial charge in [-0.05, 0) is 23.8 Å². The van der Waals surface area contributed by atoms with Crippen LogP contribution in [0.2, 0.25) is 0 Å². The van der Waals surface area contributed by atoms with Crippen LogP contribution in [0.15, 0.2) is 51.9 Å². The van der Waals surface area contributed by atoms with E-state index >= 15 is 0 Å². The number of phenolic OH excluding ortho intramolecular Hbond substituents is 1. The van der Waals surface area contributed by atoms with Gasteiger partial charge in [0.05, 0.1) is 24.7 Å². The van der Waals surface area contributed by atoms with Crippen LogP contribution in [0, 0.1) is 0 Å². The molecule has 0 unspecified atom stereocenters. The zero-order chi connectivity index (χ0) is 23.0. The Hall–Kier alpha value is -3.15. The number of aliphatic hydroxyl groups excluding tert-OH is 4. The third-order valence-corrected chi connectivity index (χ3v) is 5.35. The summed E-state index contributed by atoms with van der Waals surface area (Å²) in [6, 6.07) is 9.21. The summed E-state index contributed by atoms with van der Waals surface area (Å²) >= 11 is 0. The maximum absolute atomic E-state index is 13.0. The summed E-state index contributed by atoms with van der Waals surface area (Å²) in [6.45, 7) is -0.627. The highest BCUT2D eigenvalue weighted by Crippen LogP contribution is 2.34. The molecule has 5 N–H and O–H groups in total. The molecule has 10 nitrogen and oxygen atoms in total. The monoisotopic (exact) mass is 446 g/mol. The zero-order valence-electron chi connectivity index (χ0n) is 16.9. The van der Waals surface area contributed by atoms with Crippen LogP contribution >= 0.6 is 0 Å². The van der Waals surface area contributed by atoms with Crippen molar-refractivity contribution in [2.75, 3.05) is 13.7 Å². The van der Waals surface area contributed by atoms with Crippen molar-refractivity contribution in [1.29, 1.82) is 0 Å². The van der Waals surface area contributed by atoms with E-state index in [4.69, 9.17) is 18.6 Å². The molecule has 1 aliphatic rings. The van der Waals surface area contributed by atoms with Gasteiger partial charge in [-0.3, -0.25) is 4.79 Å². The van der Waals surface area contributed by atoms with E-state index in [1.54, 1.807) is 24.3 Å². The first kappa shape index (κ1) is 22.1. The van der Waals surface area contributed by atoms with E-state index in [2.05, 4.69) is 0 Å². The first-order valence-corrected chi connectivity index (χ1v) is 9.74. The highest BCUT2D eigenvalue weighted by Gasteiger charge is 2.45. The number of methoxy groups -OCH3 is 1. The van der Waals surface area contributed by atoms with Crippen LogP contribution in [-0.4, -0.2) is 70.0 Å². The van der Waals surface area contributed by atoms with Crippen molar-refractivity contribution in [3.05, 3.63) is 52.9 Å². The highest BCUT2D eigenvalue weighted by atomic mass is 16.7. The average molecular weight is 446 g/mol. The Morgan fingerprint density at radius 1 is 1.03 bits per heavy atom. The van der Waals surface area contributed by atoms with Crippen LogP contribution in [0.5, 0.6) is 17.2 Å². The molecule has 0 saturated carbocycles. The van der Waals surface area contributed by atoms with Crippen molar-refractivity contribution in [3.8, 4) is 28.4 Å². The predicted molar refractivity (Wildman–Crippen MR) is 111 cm³/mol. The lowest BCUT2D eigenvalue weighted by molar-refractivity contribution is -0.277. The van der Waals surface area contributed by atoms with Gasteiger partial charge >= 0.3 is 0 Å². The number of aliphatic hydroxyl groups is 4. The van der Waals surface area contributed by atoms with E-state index in [0.29, 0.717) is 11.3 Å². The standard InChI is InChI=1S/C22H22O10/c1-29-11-4-2-10(3-5-11)13-9-30-15-7-16(14(24)6-12(15)18(13)25)31-22-21(28)20(27)19(26)17(8-23)32-22/h2-7,9,17,19-24,26-28H,8H2,1H3/t17-,19-,20+,21-,22-/m1/s1. The lowest BCUT2D eigenvalue weighted by Crippen LogP contribution is -2.60. The van der Waals surface area contributed by atoms with Crippen molar-refractivity contribution < 1.29 is 44.2 Å². The SMILES string of the molecule is COc1ccc(-c2coc3cc(O[C@@H]4O[C@H](CO)[C@@H](O)[C@H](O)[C@H]4O)c(O)cc3c2=O)cc1. The van der Waals surface area contributed by atoms with Gasteiger partial charge in [-0.25, -0.2) is 0 Å². The Balaban J connectivity index is 1.66. The van der Waals surface area contributed by atoms with Gasteiger partial charge in [0.25, 0.3) is 0 Å². The number of hydrogen-bond acceptors (Lipinski definition) is 10. The Bertz CT molecular complexity index is 1150. The minimum atomic E-state index is -1.66. The lowest BCUT2D eigenvalue weighted by atomic mass is 9.99. The third-order valence-electron chi connectivity index (χ3n) is 5.35. The van der Waals surface area contributed by atoms with Crippen LogP contribution in [0.4, 0.5) is 0 Å². The normalized spacial score (nSPS) is 25.6. The van der Waals surface area contributed by atoms with Crippen molar-refractivity contribution >= 4 is 11.0 Å². The van der Waals surface area contributed by atoms with Crippen LogP contribution in [0.1, 0.15) is 0 Å². The van der Waals surface area contributed by atoms with Gasteiger partial charge < -0.3 is 44.2 Å². The second kappa shape index (κ2) is 8.77. The van der Waals surface area contributed by atoms with E-state index in [1.807, 2.05) is 0 Å². The molecule has 2 heterocycles. The number of ether oxygens (including phenoxy) is 3. The van der Waals surface area contributed by atoms with E-state index in [9.17, 15) is 30.3 Å². The van der Waals surface area contributed by atoms with E-state index in [1.165, 1.54) is 19.4 Å². The fraction of sp³-hybridized carbons (Fsp3) is 0.318. The van der Waals surface area contributed by atoms with E-state index in [0.717, 1.165) is 6.07 Å². The minimum absolute atomic E-state index is 0.0944. The summed E-state index contributed by atoms with van der Waals surface area (Å²) in [4.78, 5) is 13.0. The molecule has 1 fully saturated rings. The Morgan fingerprint density at radius 3 is 2.41 bits per heavy atom. The smallest absolute Gasteiger partial charge is 0.229 e. The summed E-state index contributed by atoms with van der Waals surface area (Å²) < 4.78 is 21.4. The zero-order valence-corrected chi connectivity index (χ0v) is 16.9. The first-order chi connectivity index (χ1) is 15.3. The number of hydrogen-bond donors (Lipinski definition) is 5. The summed E-state index contributed by atoms with van der Waals surface area (Å²) in [6.07, 6.45) is -6.24. The highest BCUT2D eigenvalue weighted by molar-refractivity contribution is 5.84. The van der Waals surface area contributed by atoms with E-state index < -0.39 is 43.1 Å². The largest absolute Gasteiger partial charge is 0.504 e. The van der Waals surface area contributed by atoms with Gasteiger partial charge in [0.2, 0.25) is 11.7 Å². The van der Waals surface area contributed by atoms with Gasteiger partial charge in [0.15, 0.2) is 11.5 Å². The second-order valence-electron chi connectivity index (χ2n) is 7.34. The van der Waals surface area contributed by atoms with Crippen molar-refractivity contribution in [3.63, 3.8) is 0 Å². The molecular formula is C22H22O10. The third kappa shape index (κ3) is 3.90. The molecule has 10 heteroatoms. The number of rotatable bonds is 5. The predicted octanol–water partition coefficient (Wildman–Crippen LogP) is 0.353. The molecule has 1 aromatic heterocycles. The molecule has 3 aromatic rings. The van der Waals surface area contributed by atoms with Crippen LogP contribution in [0.3, 0.4) is 0 Å². The molecule has 0 amide bonds. The molecular weight excluding hydrogens is 424 g/mol. The molecule has 1 saturated heterocycles. The topological polar surface area (TPSA) is 159 Å². The van der Waals surface area contributed by atoms with E-state index in [-0.39, 0.29) is 27.7 Å². The quantitative estimate of drug-likeness (QED) is 0.370. The number of phenols is 1.